The molecule has 0 saturated carbocycles. The van der Waals surface area contributed by atoms with Crippen LogP contribution in [0.4, 0.5) is 5.13 Å². The molecule has 0 fully saturated rings. The lowest BCUT2D eigenvalue weighted by atomic mass is 10.1. The van der Waals surface area contributed by atoms with Crippen LogP contribution in [0.25, 0.3) is 6.08 Å². The van der Waals surface area contributed by atoms with Crippen molar-refractivity contribution in [1.82, 2.24) is 4.98 Å². The Morgan fingerprint density at radius 2 is 2.26 bits per heavy atom. The normalized spacial score (nSPS) is 10.8. The molecular weight excluding hydrogens is 373 g/mol. The lowest BCUT2D eigenvalue weighted by molar-refractivity contribution is -0.112. The lowest BCUT2D eigenvalue weighted by Gasteiger charge is -2.01. The van der Waals surface area contributed by atoms with Gasteiger partial charge in [0.15, 0.2) is 5.13 Å². The van der Waals surface area contributed by atoms with Gasteiger partial charge in [-0.2, -0.15) is 5.26 Å². The fourth-order valence-electron chi connectivity index (χ4n) is 1.35. The van der Waals surface area contributed by atoms with E-state index in [0.29, 0.717) is 5.13 Å². The van der Waals surface area contributed by atoms with E-state index in [4.69, 9.17) is 5.26 Å². The van der Waals surface area contributed by atoms with Crippen molar-refractivity contribution in [2.24, 2.45) is 0 Å². The summed E-state index contributed by atoms with van der Waals surface area (Å²) < 4.78 is 0.981. The topological polar surface area (TPSA) is 65.8 Å². The molecule has 6 heteroatoms. The van der Waals surface area contributed by atoms with Crippen LogP contribution in [-0.2, 0) is 4.79 Å². The predicted molar refractivity (Wildman–Crippen MR) is 83.5 cm³/mol. The molecule has 0 aliphatic heterocycles. The number of hydrogen-bond donors (Lipinski definition) is 1. The Morgan fingerprint density at radius 3 is 2.89 bits per heavy atom. The number of rotatable bonds is 3. The highest BCUT2D eigenvalue weighted by molar-refractivity contribution is 14.1. The second kappa shape index (κ2) is 6.45. The molecular formula is C13H8IN3OS. The highest BCUT2D eigenvalue weighted by atomic mass is 127. The third-order valence-corrected chi connectivity index (χ3v) is 3.89. The number of hydrogen-bond acceptors (Lipinski definition) is 4. The number of aromatic nitrogens is 1. The van der Waals surface area contributed by atoms with Crippen molar-refractivity contribution in [3.8, 4) is 6.07 Å². The van der Waals surface area contributed by atoms with Gasteiger partial charge >= 0.3 is 0 Å². The summed E-state index contributed by atoms with van der Waals surface area (Å²) in [7, 11) is 0. The number of thiazole rings is 1. The maximum Gasteiger partial charge on any atom is 0.268 e. The van der Waals surface area contributed by atoms with Gasteiger partial charge in [-0.1, -0.05) is 18.2 Å². The summed E-state index contributed by atoms with van der Waals surface area (Å²) in [6.45, 7) is 0. The second-order valence-corrected chi connectivity index (χ2v) is 5.54. The average Bonchev–Trinajstić information content (AvgIpc) is 2.90. The van der Waals surface area contributed by atoms with E-state index in [1.54, 1.807) is 17.7 Å². The van der Waals surface area contributed by atoms with E-state index in [2.05, 4.69) is 32.9 Å². The van der Waals surface area contributed by atoms with Gasteiger partial charge in [0.25, 0.3) is 5.91 Å². The Morgan fingerprint density at radius 1 is 1.47 bits per heavy atom. The summed E-state index contributed by atoms with van der Waals surface area (Å²) in [5.74, 6) is -0.447. The van der Waals surface area contributed by atoms with Gasteiger partial charge in [0.05, 0.1) is 0 Å². The average molecular weight is 381 g/mol. The molecule has 4 nitrogen and oxygen atoms in total. The summed E-state index contributed by atoms with van der Waals surface area (Å²) in [5.41, 5.74) is 0.897. The Hall–Kier alpha value is -1.72. The predicted octanol–water partition coefficient (Wildman–Crippen LogP) is 3.29. The van der Waals surface area contributed by atoms with Crippen LogP contribution in [0.2, 0.25) is 0 Å². The van der Waals surface area contributed by atoms with E-state index in [1.165, 1.54) is 11.3 Å². The van der Waals surface area contributed by atoms with Gasteiger partial charge in [-0.15, -0.1) is 11.3 Å². The van der Waals surface area contributed by atoms with Crippen LogP contribution in [0, 0.1) is 14.9 Å². The molecule has 1 N–H and O–H groups in total. The van der Waals surface area contributed by atoms with Crippen molar-refractivity contribution in [1.29, 1.82) is 5.26 Å². The number of nitrogens with one attached hydrogen (secondary N) is 1. The molecule has 1 aromatic heterocycles. The summed E-state index contributed by atoms with van der Waals surface area (Å²) in [4.78, 5) is 15.9. The number of anilines is 1. The Balaban J connectivity index is 2.23. The maximum atomic E-state index is 11.9. The van der Waals surface area contributed by atoms with Gasteiger partial charge in [-0.05, 0) is 40.3 Å². The van der Waals surface area contributed by atoms with Crippen LogP contribution in [0.3, 0.4) is 0 Å². The van der Waals surface area contributed by atoms with Crippen LogP contribution in [0.1, 0.15) is 5.56 Å². The van der Waals surface area contributed by atoms with Crippen molar-refractivity contribution in [2.45, 2.75) is 0 Å². The van der Waals surface area contributed by atoms with Gasteiger partial charge in [-0.25, -0.2) is 4.98 Å². The standard InChI is InChI=1S/C13H8IN3OS/c14-11-4-2-1-3-9(11)7-10(8-15)12(18)17-13-16-5-6-19-13/h1-7H,(H,16,17,18)/b10-7-. The lowest BCUT2D eigenvalue weighted by Crippen LogP contribution is -2.13. The van der Waals surface area contributed by atoms with Crippen LogP contribution in [0.15, 0.2) is 41.4 Å². The third-order valence-electron chi connectivity index (χ3n) is 2.22. The number of halogens is 1. The third kappa shape index (κ3) is 3.62. The van der Waals surface area contributed by atoms with E-state index in [0.717, 1.165) is 9.13 Å². The van der Waals surface area contributed by atoms with Gasteiger partial charge < -0.3 is 0 Å². The Labute approximate surface area is 127 Å². The van der Waals surface area contributed by atoms with Crippen molar-refractivity contribution in [2.75, 3.05) is 5.32 Å². The molecule has 0 spiro atoms. The number of nitriles is 1. The number of carbonyl (C=O) groups excluding carboxylic acids is 1. The van der Waals surface area contributed by atoms with Crippen molar-refractivity contribution >= 4 is 51.0 Å². The minimum atomic E-state index is -0.447. The molecule has 2 aromatic rings. The fourth-order valence-corrected chi connectivity index (χ4v) is 2.41. The van der Waals surface area contributed by atoms with Crippen LogP contribution < -0.4 is 5.32 Å². The van der Waals surface area contributed by atoms with E-state index in [1.807, 2.05) is 30.3 Å². The zero-order valence-corrected chi connectivity index (χ0v) is 12.6. The van der Waals surface area contributed by atoms with E-state index in [-0.39, 0.29) is 5.57 Å². The van der Waals surface area contributed by atoms with Gasteiger partial charge in [0, 0.05) is 15.1 Å². The first kappa shape index (κ1) is 13.7. The van der Waals surface area contributed by atoms with E-state index in [9.17, 15) is 4.79 Å². The fraction of sp³-hybridized carbons (Fsp3) is 0. The quantitative estimate of drug-likeness (QED) is 0.504. The molecule has 0 radical (unpaired) electrons. The van der Waals surface area contributed by atoms with Gasteiger partial charge in [0.2, 0.25) is 0 Å². The second-order valence-electron chi connectivity index (χ2n) is 3.48. The zero-order valence-electron chi connectivity index (χ0n) is 9.63. The van der Waals surface area contributed by atoms with Crippen molar-refractivity contribution in [3.05, 3.63) is 50.5 Å². The number of benzene rings is 1. The molecule has 1 amide bonds. The molecule has 94 valence electrons. The molecule has 0 unspecified atom stereocenters. The first-order valence-corrected chi connectivity index (χ1v) is 7.23. The van der Waals surface area contributed by atoms with E-state index < -0.39 is 5.91 Å². The first-order valence-electron chi connectivity index (χ1n) is 5.28. The highest BCUT2D eigenvalue weighted by Crippen LogP contribution is 2.17. The largest absolute Gasteiger partial charge is 0.297 e. The monoisotopic (exact) mass is 381 g/mol. The zero-order chi connectivity index (χ0) is 13.7. The number of carbonyl (C=O) groups is 1. The summed E-state index contributed by atoms with van der Waals surface area (Å²) in [6.07, 6.45) is 3.17. The number of amides is 1. The molecule has 0 aliphatic carbocycles. The molecule has 0 atom stereocenters. The molecule has 0 saturated heterocycles. The van der Waals surface area contributed by atoms with Gasteiger partial charge in [-0.3, -0.25) is 10.1 Å². The maximum absolute atomic E-state index is 11.9. The summed E-state index contributed by atoms with van der Waals surface area (Å²) in [6, 6.07) is 9.45. The molecule has 1 aromatic carbocycles. The minimum Gasteiger partial charge on any atom is -0.297 e. The molecule has 2 rings (SSSR count). The summed E-state index contributed by atoms with van der Waals surface area (Å²) >= 11 is 3.47. The SMILES string of the molecule is N#C/C(=C/c1ccccc1I)C(=O)Nc1nccs1. The highest BCUT2D eigenvalue weighted by Gasteiger charge is 2.11. The van der Waals surface area contributed by atoms with E-state index >= 15 is 0 Å². The molecule has 19 heavy (non-hydrogen) atoms. The van der Waals surface area contributed by atoms with Gasteiger partial charge in [0.1, 0.15) is 11.6 Å². The summed E-state index contributed by atoms with van der Waals surface area (Å²) in [5, 5.41) is 13.9. The Kier molecular flexibility index (Phi) is 4.65. The van der Waals surface area contributed by atoms with Crippen LogP contribution in [-0.4, -0.2) is 10.9 Å². The Bertz CT molecular complexity index is 659. The molecule has 0 aliphatic rings. The molecule has 1 heterocycles. The van der Waals surface area contributed by atoms with Crippen molar-refractivity contribution in [3.63, 3.8) is 0 Å². The molecule has 0 bridgehead atoms. The van der Waals surface area contributed by atoms with Crippen molar-refractivity contribution < 1.29 is 4.79 Å². The first-order chi connectivity index (χ1) is 9.20. The van der Waals surface area contributed by atoms with Crippen LogP contribution in [0.5, 0.6) is 0 Å². The van der Waals surface area contributed by atoms with Crippen LogP contribution >= 0.6 is 33.9 Å². The minimum absolute atomic E-state index is 0.0549. The number of nitrogens with zero attached hydrogens (tertiary/aromatic N) is 2. The smallest absolute Gasteiger partial charge is 0.268 e.